The molecule has 0 fully saturated rings. The molecule has 0 saturated heterocycles. The van der Waals surface area contributed by atoms with Crippen molar-refractivity contribution in [2.75, 3.05) is 0 Å². The molecule has 14 heavy (non-hydrogen) atoms. The van der Waals surface area contributed by atoms with Gasteiger partial charge in [0.15, 0.2) is 5.78 Å². The third kappa shape index (κ3) is 2.65. The zero-order valence-electron chi connectivity index (χ0n) is 9.03. The van der Waals surface area contributed by atoms with E-state index in [2.05, 4.69) is 17.2 Å². The Bertz CT molecular complexity index is 304. The second kappa shape index (κ2) is 4.88. The maximum atomic E-state index is 11.7. The molecule has 4 nitrogen and oxygen atoms in total. The number of Topliss-reactive ketones (excluding diaryl/α,β-unsaturated/α-hetero) is 1. The smallest absolute Gasteiger partial charge is 0.182 e. The Morgan fingerprint density at radius 2 is 2.29 bits per heavy atom. The van der Waals surface area contributed by atoms with Crippen molar-refractivity contribution in [2.24, 2.45) is 5.92 Å². The van der Waals surface area contributed by atoms with Crippen molar-refractivity contribution in [1.82, 2.24) is 15.0 Å². The van der Waals surface area contributed by atoms with Crippen LogP contribution in [0.15, 0.2) is 6.20 Å². The number of carbonyl (C=O) groups is 1. The number of hydrogen-bond acceptors (Lipinski definition) is 3. The largest absolute Gasteiger partial charge is 0.292 e. The summed E-state index contributed by atoms with van der Waals surface area (Å²) in [5.74, 6) is 0.519. The number of aryl methyl sites for hydroxylation is 1. The number of hydrogen-bond donors (Lipinski definition) is 0. The monoisotopic (exact) mass is 195 g/mol. The van der Waals surface area contributed by atoms with Crippen molar-refractivity contribution < 1.29 is 4.79 Å². The van der Waals surface area contributed by atoms with E-state index in [0.717, 1.165) is 13.0 Å². The van der Waals surface area contributed by atoms with Crippen molar-refractivity contribution in [3.8, 4) is 0 Å². The van der Waals surface area contributed by atoms with Gasteiger partial charge in [-0.15, -0.1) is 5.10 Å². The molecule has 0 aliphatic carbocycles. The van der Waals surface area contributed by atoms with Crippen LogP contribution in [0.3, 0.4) is 0 Å². The Kier molecular flexibility index (Phi) is 3.80. The lowest BCUT2D eigenvalue weighted by molar-refractivity contribution is 0.0957. The number of nitrogens with zero attached hydrogens (tertiary/aromatic N) is 3. The van der Waals surface area contributed by atoms with Crippen molar-refractivity contribution >= 4 is 5.78 Å². The van der Waals surface area contributed by atoms with Crippen molar-refractivity contribution in [3.63, 3.8) is 0 Å². The first-order chi connectivity index (χ1) is 6.65. The lowest BCUT2D eigenvalue weighted by Crippen LogP contribution is -2.12. The van der Waals surface area contributed by atoms with Crippen molar-refractivity contribution in [3.05, 3.63) is 11.9 Å². The first-order valence-corrected chi connectivity index (χ1v) is 5.06. The Labute approximate surface area is 84.3 Å². The van der Waals surface area contributed by atoms with Crippen LogP contribution in [0.25, 0.3) is 0 Å². The molecule has 0 aliphatic heterocycles. The van der Waals surface area contributed by atoms with Crippen LogP contribution < -0.4 is 0 Å². The van der Waals surface area contributed by atoms with E-state index in [1.54, 1.807) is 10.9 Å². The fourth-order valence-corrected chi connectivity index (χ4v) is 1.33. The minimum atomic E-state index is 0.137. The number of ketones is 1. The summed E-state index contributed by atoms with van der Waals surface area (Å²) >= 11 is 0. The molecule has 78 valence electrons. The van der Waals surface area contributed by atoms with E-state index in [9.17, 15) is 4.79 Å². The van der Waals surface area contributed by atoms with Crippen molar-refractivity contribution in [1.29, 1.82) is 0 Å². The molecular formula is C10H17N3O. The van der Waals surface area contributed by atoms with Gasteiger partial charge in [-0.1, -0.05) is 26.0 Å². The summed E-state index contributed by atoms with van der Waals surface area (Å²) in [5.41, 5.74) is 0.639. The molecular weight excluding hydrogens is 178 g/mol. The maximum absolute atomic E-state index is 11.7. The molecule has 0 N–H and O–H groups in total. The molecule has 4 heteroatoms. The molecule has 0 unspecified atom stereocenters. The predicted molar refractivity (Wildman–Crippen MR) is 54.1 cm³/mol. The normalized spacial score (nSPS) is 10.9. The highest BCUT2D eigenvalue weighted by atomic mass is 16.1. The zero-order chi connectivity index (χ0) is 10.6. The van der Waals surface area contributed by atoms with Gasteiger partial charge in [0, 0.05) is 13.0 Å². The topological polar surface area (TPSA) is 47.8 Å². The molecule has 0 aliphatic rings. The average molecular weight is 195 g/mol. The van der Waals surface area contributed by atoms with Crippen LogP contribution in [0.5, 0.6) is 0 Å². The maximum Gasteiger partial charge on any atom is 0.182 e. The number of rotatable bonds is 5. The van der Waals surface area contributed by atoms with Gasteiger partial charge in [0.05, 0.1) is 6.20 Å². The second-order valence-corrected chi connectivity index (χ2v) is 3.86. The minimum absolute atomic E-state index is 0.137. The van der Waals surface area contributed by atoms with E-state index in [4.69, 9.17) is 0 Å². The molecule has 0 aromatic carbocycles. The highest BCUT2D eigenvalue weighted by Gasteiger charge is 2.13. The third-order valence-corrected chi connectivity index (χ3v) is 1.93. The van der Waals surface area contributed by atoms with Gasteiger partial charge in [-0.3, -0.25) is 4.79 Å². The highest BCUT2D eigenvalue weighted by molar-refractivity contribution is 5.94. The van der Waals surface area contributed by atoms with Gasteiger partial charge in [0.1, 0.15) is 5.69 Å². The lowest BCUT2D eigenvalue weighted by Gasteiger charge is -2.05. The lowest BCUT2D eigenvalue weighted by atomic mass is 10.1. The van der Waals surface area contributed by atoms with E-state index in [1.807, 2.05) is 13.8 Å². The van der Waals surface area contributed by atoms with E-state index < -0.39 is 0 Å². The Morgan fingerprint density at radius 3 is 2.86 bits per heavy atom. The first kappa shape index (κ1) is 10.9. The van der Waals surface area contributed by atoms with Gasteiger partial charge < -0.3 is 0 Å². The molecule has 0 atom stereocenters. The fraction of sp³-hybridized carbons (Fsp3) is 0.700. The van der Waals surface area contributed by atoms with E-state index in [-0.39, 0.29) is 5.78 Å². The van der Waals surface area contributed by atoms with Crippen LogP contribution in [0.2, 0.25) is 0 Å². The molecule has 0 amide bonds. The van der Waals surface area contributed by atoms with Gasteiger partial charge >= 0.3 is 0 Å². The van der Waals surface area contributed by atoms with Crippen molar-refractivity contribution in [2.45, 2.75) is 40.2 Å². The van der Waals surface area contributed by atoms with Gasteiger partial charge in [0.2, 0.25) is 0 Å². The van der Waals surface area contributed by atoms with Crippen LogP contribution >= 0.6 is 0 Å². The first-order valence-electron chi connectivity index (χ1n) is 5.06. The van der Waals surface area contributed by atoms with E-state index >= 15 is 0 Å². The van der Waals surface area contributed by atoms with Crippen LogP contribution in [0.1, 0.15) is 44.1 Å². The third-order valence-electron chi connectivity index (χ3n) is 1.93. The molecule has 1 rings (SSSR count). The van der Waals surface area contributed by atoms with E-state index in [0.29, 0.717) is 18.0 Å². The molecule has 1 aromatic rings. The van der Waals surface area contributed by atoms with Gasteiger partial charge in [-0.05, 0) is 12.3 Å². The molecule has 0 spiro atoms. The average Bonchev–Trinajstić information content (AvgIpc) is 2.51. The van der Waals surface area contributed by atoms with Gasteiger partial charge in [-0.2, -0.15) is 0 Å². The highest BCUT2D eigenvalue weighted by Crippen LogP contribution is 2.08. The minimum Gasteiger partial charge on any atom is -0.292 e. The van der Waals surface area contributed by atoms with Crippen LogP contribution in [-0.4, -0.2) is 20.8 Å². The summed E-state index contributed by atoms with van der Waals surface area (Å²) in [6.45, 7) is 6.88. The standard InChI is InChI=1S/C10H17N3O/c1-4-5-13-9(7-11-12-13)10(14)6-8(2)3/h7-8H,4-6H2,1-3H3. The predicted octanol–water partition coefficient (Wildman–Crippen LogP) is 1.92. The molecule has 0 saturated carbocycles. The van der Waals surface area contributed by atoms with Crippen LogP contribution in [0.4, 0.5) is 0 Å². The van der Waals surface area contributed by atoms with Gasteiger partial charge in [-0.25, -0.2) is 4.68 Å². The van der Waals surface area contributed by atoms with Crippen LogP contribution in [0, 0.1) is 5.92 Å². The Hall–Kier alpha value is -1.19. The molecule has 0 bridgehead atoms. The number of carbonyl (C=O) groups excluding carboxylic acids is 1. The molecule has 1 aromatic heterocycles. The Balaban J connectivity index is 2.73. The zero-order valence-corrected chi connectivity index (χ0v) is 9.03. The summed E-state index contributed by atoms with van der Waals surface area (Å²) in [6, 6.07) is 0. The van der Waals surface area contributed by atoms with Crippen LogP contribution in [-0.2, 0) is 6.54 Å². The summed E-state index contributed by atoms with van der Waals surface area (Å²) in [6.07, 6.45) is 3.09. The van der Waals surface area contributed by atoms with E-state index in [1.165, 1.54) is 0 Å². The molecule has 0 radical (unpaired) electrons. The summed E-state index contributed by atoms with van der Waals surface area (Å²) in [5, 5.41) is 7.64. The Morgan fingerprint density at radius 1 is 1.57 bits per heavy atom. The van der Waals surface area contributed by atoms with Gasteiger partial charge in [0.25, 0.3) is 0 Å². The number of aromatic nitrogens is 3. The summed E-state index contributed by atoms with van der Waals surface area (Å²) in [4.78, 5) is 11.7. The summed E-state index contributed by atoms with van der Waals surface area (Å²) in [7, 11) is 0. The second-order valence-electron chi connectivity index (χ2n) is 3.86. The molecule has 1 heterocycles. The summed E-state index contributed by atoms with van der Waals surface area (Å²) < 4.78 is 1.69. The quantitative estimate of drug-likeness (QED) is 0.674. The SMILES string of the molecule is CCCn1nncc1C(=O)CC(C)C. The fourth-order valence-electron chi connectivity index (χ4n) is 1.33.